The largest absolute Gasteiger partial charge is 0.224 e. The van der Waals surface area contributed by atoms with Crippen molar-refractivity contribution in [1.29, 1.82) is 0 Å². The molecule has 0 N–H and O–H groups in total. The SMILES string of the molecule is CS(=O)(=O)N(Cl)CCCCCCN(Cl)S(C)(=O)=O. The average Bonchev–Trinajstić information content (AvgIpc) is 2.19. The third-order valence-electron chi connectivity index (χ3n) is 2.14. The number of unbranched alkanes of at least 4 members (excludes halogenated alkanes) is 3. The molecule has 0 fully saturated rings. The summed E-state index contributed by atoms with van der Waals surface area (Å²) in [5.74, 6) is 0. The maximum absolute atomic E-state index is 11.0. The van der Waals surface area contributed by atoms with Gasteiger partial charge in [-0.3, -0.25) is 0 Å². The van der Waals surface area contributed by atoms with E-state index in [1.54, 1.807) is 0 Å². The molecule has 0 amide bonds. The number of sulfonamides is 2. The van der Waals surface area contributed by atoms with Gasteiger partial charge in [-0.15, -0.1) is 7.65 Å². The fraction of sp³-hybridized carbons (Fsp3) is 1.00. The van der Waals surface area contributed by atoms with Crippen molar-refractivity contribution in [2.45, 2.75) is 25.7 Å². The van der Waals surface area contributed by atoms with E-state index < -0.39 is 20.0 Å². The van der Waals surface area contributed by atoms with E-state index in [2.05, 4.69) is 0 Å². The molecule has 0 aromatic carbocycles. The molecule has 18 heavy (non-hydrogen) atoms. The zero-order valence-electron chi connectivity index (χ0n) is 10.3. The fourth-order valence-corrected chi connectivity index (χ4v) is 2.32. The zero-order valence-corrected chi connectivity index (χ0v) is 13.5. The van der Waals surface area contributed by atoms with Gasteiger partial charge in [-0.1, -0.05) is 12.8 Å². The third kappa shape index (κ3) is 8.49. The van der Waals surface area contributed by atoms with Gasteiger partial charge in [0.15, 0.2) is 0 Å². The number of nitrogens with zero attached hydrogens (tertiary/aromatic N) is 2. The Hall–Kier alpha value is 0.400. The number of rotatable bonds is 9. The Labute approximate surface area is 119 Å². The fourth-order valence-electron chi connectivity index (χ4n) is 1.16. The molecule has 0 atom stereocenters. The van der Waals surface area contributed by atoms with Gasteiger partial charge in [0, 0.05) is 13.1 Å². The molecule has 0 bridgehead atoms. The highest BCUT2D eigenvalue weighted by Crippen LogP contribution is 2.10. The zero-order chi connectivity index (χ0) is 14.4. The molecule has 0 saturated heterocycles. The molecule has 0 saturated carbocycles. The molecule has 10 heteroatoms. The van der Waals surface area contributed by atoms with Crippen LogP contribution in [0.5, 0.6) is 0 Å². The van der Waals surface area contributed by atoms with Crippen LogP contribution in [0, 0.1) is 0 Å². The standard InChI is InChI=1S/C8H18Cl2N2O4S2/c1-17(13,14)11(9)7-5-3-4-6-8-12(10)18(2,15)16/h3-8H2,1-2H3. The van der Waals surface area contributed by atoms with Crippen molar-refractivity contribution in [3.8, 4) is 0 Å². The van der Waals surface area contributed by atoms with Gasteiger partial charge in [0.2, 0.25) is 20.0 Å². The minimum Gasteiger partial charge on any atom is -0.211 e. The van der Waals surface area contributed by atoms with E-state index in [1.807, 2.05) is 0 Å². The Balaban J connectivity index is 3.65. The van der Waals surface area contributed by atoms with Crippen molar-refractivity contribution < 1.29 is 16.8 Å². The molecule has 6 nitrogen and oxygen atoms in total. The molecule has 0 rings (SSSR count). The van der Waals surface area contributed by atoms with Crippen LogP contribution in [0.4, 0.5) is 0 Å². The van der Waals surface area contributed by atoms with Crippen molar-refractivity contribution in [3.63, 3.8) is 0 Å². The Morgan fingerprint density at radius 3 is 1.22 bits per heavy atom. The van der Waals surface area contributed by atoms with E-state index in [4.69, 9.17) is 23.6 Å². The second kappa shape index (κ2) is 7.86. The molecule has 0 unspecified atom stereocenters. The van der Waals surface area contributed by atoms with Gasteiger partial charge in [0.25, 0.3) is 0 Å². The molecule has 0 aromatic rings. The van der Waals surface area contributed by atoms with Crippen molar-refractivity contribution in [2.24, 2.45) is 0 Å². The molecular formula is C8H18Cl2N2O4S2. The first kappa shape index (κ1) is 18.4. The highest BCUT2D eigenvalue weighted by Gasteiger charge is 2.13. The van der Waals surface area contributed by atoms with Crippen molar-refractivity contribution in [3.05, 3.63) is 0 Å². The van der Waals surface area contributed by atoms with Crippen LogP contribution in [0.25, 0.3) is 0 Å². The summed E-state index contributed by atoms with van der Waals surface area (Å²) >= 11 is 11.0. The van der Waals surface area contributed by atoms with Gasteiger partial charge >= 0.3 is 0 Å². The molecule has 0 aliphatic rings. The molecular weight excluding hydrogens is 323 g/mol. The highest BCUT2D eigenvalue weighted by atomic mass is 35.5. The summed E-state index contributed by atoms with van der Waals surface area (Å²) in [6.45, 7) is 0.494. The van der Waals surface area contributed by atoms with Crippen LogP contribution in [-0.4, -0.2) is 50.1 Å². The summed E-state index contributed by atoms with van der Waals surface area (Å²) in [5, 5.41) is 0. The maximum Gasteiger partial charge on any atom is 0.224 e. The van der Waals surface area contributed by atoms with E-state index in [9.17, 15) is 16.8 Å². The van der Waals surface area contributed by atoms with Crippen LogP contribution in [0.2, 0.25) is 0 Å². The van der Waals surface area contributed by atoms with Gasteiger partial charge < -0.3 is 0 Å². The van der Waals surface area contributed by atoms with E-state index in [0.717, 1.165) is 33.0 Å². The van der Waals surface area contributed by atoms with Gasteiger partial charge in [0.1, 0.15) is 0 Å². The van der Waals surface area contributed by atoms with E-state index in [1.165, 1.54) is 0 Å². The quantitative estimate of drug-likeness (QED) is 0.469. The average molecular weight is 341 g/mol. The summed E-state index contributed by atoms with van der Waals surface area (Å²) in [4.78, 5) is 0. The van der Waals surface area contributed by atoms with Crippen molar-refractivity contribution >= 4 is 43.6 Å². The van der Waals surface area contributed by atoms with Gasteiger partial charge in [-0.25, -0.2) is 16.8 Å². The van der Waals surface area contributed by atoms with Crippen molar-refractivity contribution in [1.82, 2.24) is 7.65 Å². The molecule has 0 aromatic heterocycles. The molecule has 0 heterocycles. The number of halogens is 2. The first-order valence-corrected chi connectivity index (χ1v) is 9.69. The molecule has 0 spiro atoms. The monoisotopic (exact) mass is 340 g/mol. The lowest BCUT2D eigenvalue weighted by atomic mass is 10.2. The summed E-state index contributed by atoms with van der Waals surface area (Å²) in [6.07, 6.45) is 4.84. The highest BCUT2D eigenvalue weighted by molar-refractivity contribution is 7.89. The van der Waals surface area contributed by atoms with Crippen LogP contribution in [0.1, 0.15) is 25.7 Å². The summed E-state index contributed by atoms with van der Waals surface area (Å²) in [7, 11) is -6.68. The summed E-state index contributed by atoms with van der Waals surface area (Å²) in [5.41, 5.74) is 0. The molecule has 0 aliphatic heterocycles. The van der Waals surface area contributed by atoms with E-state index in [0.29, 0.717) is 12.8 Å². The predicted molar refractivity (Wildman–Crippen MR) is 73.3 cm³/mol. The predicted octanol–water partition coefficient (Wildman–Crippen LogP) is 1.38. The third-order valence-corrected chi connectivity index (χ3v) is 5.78. The molecule has 110 valence electrons. The van der Waals surface area contributed by atoms with Crippen LogP contribution in [0.3, 0.4) is 0 Å². The Kier molecular flexibility index (Phi) is 8.04. The van der Waals surface area contributed by atoms with Crippen LogP contribution in [-0.2, 0) is 20.0 Å². The van der Waals surface area contributed by atoms with Crippen LogP contribution < -0.4 is 0 Å². The van der Waals surface area contributed by atoms with Crippen LogP contribution in [0.15, 0.2) is 0 Å². The second-order valence-electron chi connectivity index (χ2n) is 3.96. The van der Waals surface area contributed by atoms with E-state index >= 15 is 0 Å². The van der Waals surface area contributed by atoms with Crippen LogP contribution >= 0.6 is 23.6 Å². The summed E-state index contributed by atoms with van der Waals surface area (Å²) < 4.78 is 45.4. The minimum atomic E-state index is -3.34. The van der Waals surface area contributed by atoms with Gasteiger partial charge in [-0.2, -0.15) is 0 Å². The smallest absolute Gasteiger partial charge is 0.211 e. The lowest BCUT2D eigenvalue weighted by Gasteiger charge is -2.11. The lowest BCUT2D eigenvalue weighted by molar-refractivity contribution is 0.501. The summed E-state index contributed by atoms with van der Waals surface area (Å²) in [6, 6.07) is 0. The minimum absolute atomic E-state index is 0.247. The molecule has 0 radical (unpaired) electrons. The second-order valence-corrected chi connectivity index (χ2v) is 8.99. The lowest BCUT2D eigenvalue weighted by Crippen LogP contribution is -2.22. The Morgan fingerprint density at radius 1 is 0.722 bits per heavy atom. The van der Waals surface area contributed by atoms with Crippen molar-refractivity contribution in [2.75, 3.05) is 25.6 Å². The Bertz CT molecular complexity index is 396. The normalized spacial score (nSPS) is 13.4. The first-order valence-electron chi connectivity index (χ1n) is 5.32. The van der Waals surface area contributed by atoms with Gasteiger partial charge in [0.05, 0.1) is 12.5 Å². The first-order chi connectivity index (χ1) is 8.05. The number of hydrogen-bond donors (Lipinski definition) is 0. The number of hydrogen-bond acceptors (Lipinski definition) is 4. The van der Waals surface area contributed by atoms with E-state index in [-0.39, 0.29) is 13.1 Å². The van der Waals surface area contributed by atoms with Gasteiger partial charge in [-0.05, 0) is 36.4 Å². The topological polar surface area (TPSA) is 74.8 Å². The maximum atomic E-state index is 11.0. The molecule has 0 aliphatic carbocycles. The Morgan fingerprint density at radius 2 is 1.00 bits per heavy atom.